The molecule has 0 unspecified atom stereocenters. The van der Waals surface area contributed by atoms with Crippen molar-refractivity contribution in [1.29, 1.82) is 21.0 Å². The van der Waals surface area contributed by atoms with Crippen molar-refractivity contribution < 1.29 is 97.1 Å². The van der Waals surface area contributed by atoms with Crippen molar-refractivity contribution >= 4 is 52.0 Å². The molecule has 754 valence electrons. The molecule has 8 atom stereocenters. The van der Waals surface area contributed by atoms with E-state index in [2.05, 4.69) is 32.5 Å². The molecule has 8 aromatic carbocycles. The number of carboxylic acid groups (broad SMARTS) is 1. The number of halogens is 8. The van der Waals surface area contributed by atoms with Gasteiger partial charge in [-0.15, -0.1) is 10.2 Å². The zero-order valence-electron chi connectivity index (χ0n) is 78.8. The van der Waals surface area contributed by atoms with Crippen LogP contribution >= 0.6 is 0 Å². The summed E-state index contributed by atoms with van der Waals surface area (Å²) in [5, 5.41) is 54.6. The van der Waals surface area contributed by atoms with Crippen LogP contribution in [0.5, 0.6) is 0 Å². The van der Waals surface area contributed by atoms with Crippen molar-refractivity contribution in [2.24, 2.45) is 23.7 Å². The highest BCUT2D eigenvalue weighted by Crippen LogP contribution is 2.58. The third kappa shape index (κ3) is 20.7. The second-order valence-corrected chi connectivity index (χ2v) is 47.1. The number of hydrogen-bond donors (Lipinski definition) is 3. The van der Waals surface area contributed by atoms with E-state index in [0.29, 0.717) is 73.6 Å². The minimum atomic E-state index is -3.83. The molecule has 28 nitrogen and oxygen atoms in total. The highest BCUT2D eigenvalue weighted by molar-refractivity contribution is 7.90. The van der Waals surface area contributed by atoms with Crippen LogP contribution in [0.15, 0.2) is 188 Å². The van der Waals surface area contributed by atoms with Gasteiger partial charge in [0.1, 0.15) is 67.5 Å². The maximum Gasteiger partial charge on any atom is 0.434 e. The molecule has 0 bridgehead atoms. The molecule has 40 heteroatoms. The normalized spacial score (nSPS) is 27.8. The Morgan fingerprint density at radius 3 is 0.853 bits per heavy atom. The molecule has 0 spiro atoms. The number of aromatic amines is 2. The van der Waals surface area contributed by atoms with E-state index >= 15 is 35.1 Å². The minimum absolute atomic E-state index is 0.0325. The number of hydrogen-bond acceptors (Lipinski definition) is 21. The highest BCUT2D eigenvalue weighted by Gasteiger charge is 2.58. The Kier molecular flexibility index (Phi) is 31.2. The molecule has 18 rings (SSSR count). The third-order valence-corrected chi connectivity index (χ3v) is 39.5. The van der Waals surface area contributed by atoms with Crippen LogP contribution in [0, 0.1) is 116 Å². The number of carbonyl (C=O) groups is 2. The van der Waals surface area contributed by atoms with Crippen molar-refractivity contribution in [3.63, 3.8) is 0 Å². The average Bonchev–Trinajstić information content (AvgIpc) is 1.69. The van der Waals surface area contributed by atoms with Gasteiger partial charge in [-0.2, -0.15) is 38.3 Å². The van der Waals surface area contributed by atoms with Gasteiger partial charge < -0.3 is 18.7 Å². The fourth-order valence-corrected chi connectivity index (χ4v) is 31.0. The van der Waals surface area contributed by atoms with Gasteiger partial charge in [-0.25, -0.2) is 88.6 Å². The van der Waals surface area contributed by atoms with Gasteiger partial charge in [0.15, 0.2) is 0 Å². The molecule has 4 aliphatic carbocycles. The van der Waals surface area contributed by atoms with Crippen LogP contribution in [0.25, 0.3) is 0 Å². The van der Waals surface area contributed by atoms with E-state index in [1.54, 1.807) is 131 Å². The van der Waals surface area contributed by atoms with Gasteiger partial charge in [-0.3, -0.25) is 9.59 Å². The molecule has 8 aliphatic rings. The van der Waals surface area contributed by atoms with Crippen molar-refractivity contribution in [2.75, 3.05) is 7.11 Å². The summed E-state index contributed by atoms with van der Waals surface area (Å²) in [7, 11) is -14.1. The van der Waals surface area contributed by atoms with Crippen LogP contribution < -0.4 is 11.5 Å². The lowest BCUT2D eigenvalue weighted by Gasteiger charge is -2.45. The monoisotopic (exact) mass is 2050 g/mol. The highest BCUT2D eigenvalue weighted by atomic mass is 32.2. The fourth-order valence-electron chi connectivity index (χ4n) is 22.3. The number of aromatic nitrogens is 4. The summed E-state index contributed by atoms with van der Waals surface area (Å²) >= 11 is 0. The number of carbonyl (C=O) groups excluding carboxylic acids is 1. The van der Waals surface area contributed by atoms with Crippen LogP contribution in [0.1, 0.15) is 256 Å². The van der Waals surface area contributed by atoms with Gasteiger partial charge in [0.2, 0.25) is 51.9 Å². The fraction of sp³-hybridized carbons (Fsp3) is 0.437. The molecular weight excluding hydrogens is 1940 g/mol. The summed E-state index contributed by atoms with van der Waals surface area (Å²) in [5.41, 5.74) is -3.48. The molecule has 143 heavy (non-hydrogen) atoms. The topological polar surface area (TPSA) is 426 Å². The molecule has 10 aromatic rings. The summed E-state index contributed by atoms with van der Waals surface area (Å²) in [6, 6.07) is 50.0. The van der Waals surface area contributed by atoms with E-state index in [1.807, 2.05) is 30.3 Å². The number of esters is 1. The first-order valence-electron chi connectivity index (χ1n) is 47.1. The number of nitriles is 4. The van der Waals surface area contributed by atoms with Gasteiger partial charge in [0, 0.05) is 121 Å². The number of aliphatic carboxylic acids is 1. The van der Waals surface area contributed by atoms with E-state index in [1.165, 1.54) is 24.3 Å². The Labute approximate surface area is 822 Å². The Morgan fingerprint density at radius 1 is 0.378 bits per heavy atom. The maximum atomic E-state index is 15.6. The summed E-state index contributed by atoms with van der Waals surface area (Å²) in [6.07, 6.45) is 6.50. The van der Waals surface area contributed by atoms with E-state index < -0.39 is 159 Å². The number of nitrogens with zero attached hydrogens (tertiary/aromatic N) is 10. The number of ether oxygens (including phenoxy) is 1. The van der Waals surface area contributed by atoms with Crippen LogP contribution in [-0.2, 0) is 102 Å². The Hall–Kier alpha value is -12.4. The molecule has 2 aromatic heterocycles. The lowest BCUT2D eigenvalue weighted by atomic mass is 9.57. The average molecular weight is 2050 g/mol. The number of methoxy groups -OCH3 is 1. The molecule has 8 fully saturated rings. The lowest BCUT2D eigenvalue weighted by Crippen LogP contribution is -2.49. The summed E-state index contributed by atoms with van der Waals surface area (Å²) in [6.45, 7) is 5.77. The Morgan fingerprint density at radius 2 is 0.615 bits per heavy atom. The quantitative estimate of drug-likeness (QED) is 0.0373. The van der Waals surface area contributed by atoms with E-state index in [0.717, 1.165) is 48.5 Å². The SMILES string of the molecule is COC(=O)C1(c2cc(F)c(CN3[C@@H](C)CC[C@H](c4ccccc4)S3(=O)=O)cc2F)CC(CC#N)C1.C[C@H]1CC[C@H](c2ccccc2)S(=O)(=O)N1Cc1cc(F)c(C2(C(=O)O)CC(CC#N)C2)cc1F.C[C@H]1CC[C@H](c2ccccc2)S(=O)(=O)N1Cc1cc(F)c(C2(c3n[nH]c(=O)o3)CC(CC#N)C2)cc1F.C[C@H]1CC[C@H](c2ccccc2)S(=O)(=O)N1Cc1cc(F)c(C2(c3n[nH]c(=O)o3)CC(CC#N)C2)cc1F. The van der Waals surface area contributed by atoms with Gasteiger partial charge in [-0.1, -0.05) is 121 Å². The second kappa shape index (κ2) is 42.5. The number of H-pyrrole nitrogens is 2. The van der Waals surface area contributed by atoms with Gasteiger partial charge in [0.25, 0.3) is 0 Å². The number of rotatable bonds is 24. The van der Waals surface area contributed by atoms with Crippen LogP contribution in [0.4, 0.5) is 35.1 Å². The molecule has 0 radical (unpaired) electrons. The summed E-state index contributed by atoms with van der Waals surface area (Å²) < 4.78 is 251. The van der Waals surface area contributed by atoms with E-state index in [9.17, 15) is 58.0 Å². The largest absolute Gasteiger partial charge is 0.481 e. The molecule has 3 N–H and O–H groups in total. The van der Waals surface area contributed by atoms with Crippen molar-refractivity contribution in [2.45, 2.75) is 249 Å². The maximum absolute atomic E-state index is 15.6. The second-order valence-electron chi connectivity index (χ2n) is 38.9. The molecular formula is C103H106F8N12O16S4. The summed E-state index contributed by atoms with van der Waals surface area (Å²) in [5.74, 6) is -10.4. The number of nitrogens with one attached hydrogen (secondary N) is 2. The standard InChI is InChI=1S/2C26H26F2N4O4S.C26H28F2N2O4S.C25H26F2N2O4S/c2*1-16-7-8-23(18-5-3-2-4-6-18)37(34,35)32(16)15-19-11-22(28)20(12-21(19)27)26(13-17(14-26)9-10-29)24-30-31-25(33)36-24;1-17-8-9-24(19-6-4-3-5-7-19)35(32,33)30(17)16-20-12-23(28)21(13-22(20)27)26(25(31)34-2)14-18(15-26)10-11-29;1-16-7-8-23(18-5-3-2-4-6-18)34(32,33)29(16)15-19-11-22(27)20(12-21(19)26)25(24(30)31)13-17(14-25)9-10-28/h2*2-6,11-12,16-17,23H,7-9,13-15H2,1H3,(H,31,33);3-7,12-13,17-18,24H,8-10,14-16H2,1-2H3;2-6,11-12,16-17,23H,7-9,13-15H2,1H3,(H,30,31)/t2*16-,17?,23+,26?;17-,18?,24+,26?;16-,17?,23+,25?/m0000/s1. The first-order valence-corrected chi connectivity index (χ1v) is 53.1. The minimum Gasteiger partial charge on any atom is -0.481 e. The smallest absolute Gasteiger partial charge is 0.434 e. The first-order chi connectivity index (χ1) is 68.0. The zero-order chi connectivity index (χ0) is 103. The predicted molar refractivity (Wildman–Crippen MR) is 505 cm³/mol. The van der Waals surface area contributed by atoms with Gasteiger partial charge in [0.05, 0.1) is 53.0 Å². The lowest BCUT2D eigenvalue weighted by molar-refractivity contribution is -0.154. The molecule has 0 amide bonds. The molecule has 6 heterocycles. The van der Waals surface area contributed by atoms with Crippen LogP contribution in [-0.4, -0.2) is 120 Å². The first kappa shape index (κ1) is 105. The third-order valence-electron chi connectivity index (χ3n) is 30.0. The van der Waals surface area contributed by atoms with E-state index in [-0.39, 0.29) is 201 Å². The van der Waals surface area contributed by atoms with Crippen molar-refractivity contribution in [3.8, 4) is 24.3 Å². The number of benzene rings is 8. The van der Waals surface area contributed by atoms with Crippen LogP contribution in [0.2, 0.25) is 0 Å². The van der Waals surface area contributed by atoms with Crippen molar-refractivity contribution in [3.05, 3.63) is 316 Å². The zero-order valence-corrected chi connectivity index (χ0v) is 82.0. The number of sulfonamides is 4. The molecule has 4 saturated carbocycles. The van der Waals surface area contributed by atoms with E-state index in [4.69, 9.17) is 34.6 Å². The van der Waals surface area contributed by atoms with Crippen LogP contribution in [0.3, 0.4) is 0 Å². The predicted octanol–water partition coefficient (Wildman–Crippen LogP) is 18.0. The Balaban J connectivity index is 0.000000144. The molecule has 4 saturated heterocycles. The van der Waals surface area contributed by atoms with Gasteiger partial charge >= 0.3 is 23.5 Å². The van der Waals surface area contributed by atoms with Gasteiger partial charge in [-0.05, 0) is 225 Å². The number of carboxylic acids is 1. The summed E-state index contributed by atoms with van der Waals surface area (Å²) in [4.78, 5) is 47.7. The Bertz CT molecular complexity index is 6980. The van der Waals surface area contributed by atoms with Crippen molar-refractivity contribution in [1.82, 2.24) is 37.6 Å². The molecule has 4 aliphatic heterocycles.